The van der Waals surface area contributed by atoms with Gasteiger partial charge in [-0.25, -0.2) is 4.98 Å². The van der Waals surface area contributed by atoms with Gasteiger partial charge < -0.3 is 9.47 Å². The van der Waals surface area contributed by atoms with Crippen LogP contribution in [0.1, 0.15) is 0 Å². The molecule has 0 bridgehead atoms. The fourth-order valence-corrected chi connectivity index (χ4v) is 3.45. The van der Waals surface area contributed by atoms with E-state index in [2.05, 4.69) is 37.7 Å². The van der Waals surface area contributed by atoms with E-state index in [4.69, 9.17) is 9.47 Å². The summed E-state index contributed by atoms with van der Waals surface area (Å²) in [6, 6.07) is 20.0. The van der Waals surface area contributed by atoms with Crippen molar-refractivity contribution < 1.29 is 9.47 Å². The molecular weight excluding hydrogens is 380 g/mol. The molecule has 0 amide bonds. The van der Waals surface area contributed by atoms with E-state index in [0.717, 1.165) is 44.9 Å². The first-order chi connectivity index (χ1) is 14.7. The molecule has 8 nitrogen and oxygen atoms in total. The van der Waals surface area contributed by atoms with E-state index < -0.39 is 0 Å². The number of tetrazole rings is 1. The first kappa shape index (κ1) is 17.9. The number of hydrogen-bond donors (Lipinski definition) is 1. The second-order valence-corrected chi connectivity index (χ2v) is 6.71. The van der Waals surface area contributed by atoms with Crippen molar-refractivity contribution in [2.75, 3.05) is 14.2 Å². The Bertz CT molecular complexity index is 1300. The summed E-state index contributed by atoms with van der Waals surface area (Å²) in [7, 11) is 3.29. The van der Waals surface area contributed by atoms with Gasteiger partial charge in [0, 0.05) is 17.3 Å². The Labute approximate surface area is 172 Å². The second-order valence-electron chi connectivity index (χ2n) is 6.71. The molecule has 0 saturated heterocycles. The third-order valence-corrected chi connectivity index (χ3v) is 4.96. The summed E-state index contributed by atoms with van der Waals surface area (Å²) in [5.41, 5.74) is 5.74. The SMILES string of the molecule is COc1cc(OC)cc(-c2cccc(-n3cnc4ccc(-c5nn[nH]n5)cc43)c2)c1. The van der Waals surface area contributed by atoms with Crippen molar-refractivity contribution in [3.63, 3.8) is 0 Å². The molecule has 0 spiro atoms. The van der Waals surface area contributed by atoms with Gasteiger partial charge in [0.25, 0.3) is 0 Å². The molecule has 8 heteroatoms. The maximum atomic E-state index is 5.41. The van der Waals surface area contributed by atoms with Crippen LogP contribution in [0.4, 0.5) is 0 Å². The first-order valence-electron chi connectivity index (χ1n) is 9.30. The topological polar surface area (TPSA) is 90.7 Å². The molecule has 5 rings (SSSR count). The van der Waals surface area contributed by atoms with Crippen LogP contribution >= 0.6 is 0 Å². The molecule has 0 radical (unpaired) electrons. The first-order valence-corrected chi connectivity index (χ1v) is 9.30. The number of hydrogen-bond acceptors (Lipinski definition) is 6. The molecule has 0 fully saturated rings. The summed E-state index contributed by atoms with van der Waals surface area (Å²) >= 11 is 0. The summed E-state index contributed by atoms with van der Waals surface area (Å²) in [5, 5.41) is 14.3. The number of imidazole rings is 1. The number of rotatable bonds is 5. The highest BCUT2D eigenvalue weighted by atomic mass is 16.5. The summed E-state index contributed by atoms with van der Waals surface area (Å²) in [6.45, 7) is 0. The average molecular weight is 398 g/mol. The smallest absolute Gasteiger partial charge is 0.204 e. The van der Waals surface area contributed by atoms with Gasteiger partial charge in [0.1, 0.15) is 17.8 Å². The standard InChI is InChI=1S/C22H18N6O2/c1-29-18-9-16(10-19(12-18)30-2)14-4-3-5-17(8-14)28-13-23-20-7-6-15(11-21(20)28)22-24-26-27-25-22/h3-13H,1-2H3,(H,24,25,26,27). The lowest BCUT2D eigenvalue weighted by atomic mass is 10.0. The Morgan fingerprint density at radius 2 is 1.67 bits per heavy atom. The molecule has 5 aromatic rings. The van der Waals surface area contributed by atoms with E-state index in [0.29, 0.717) is 5.82 Å². The lowest BCUT2D eigenvalue weighted by Gasteiger charge is -2.11. The van der Waals surface area contributed by atoms with Gasteiger partial charge in [-0.15, -0.1) is 10.2 Å². The molecular formula is C22H18N6O2. The van der Waals surface area contributed by atoms with Crippen LogP contribution < -0.4 is 9.47 Å². The van der Waals surface area contributed by atoms with E-state index in [-0.39, 0.29) is 0 Å². The quantitative estimate of drug-likeness (QED) is 0.483. The Morgan fingerprint density at radius 3 is 2.40 bits per heavy atom. The summed E-state index contributed by atoms with van der Waals surface area (Å²) < 4.78 is 12.9. The largest absolute Gasteiger partial charge is 0.497 e. The molecule has 3 aromatic carbocycles. The van der Waals surface area contributed by atoms with Crippen LogP contribution in [0, 0.1) is 0 Å². The van der Waals surface area contributed by atoms with Crippen molar-refractivity contribution >= 4 is 11.0 Å². The van der Waals surface area contributed by atoms with E-state index in [1.54, 1.807) is 14.2 Å². The predicted molar refractivity (Wildman–Crippen MR) is 113 cm³/mol. The monoisotopic (exact) mass is 398 g/mol. The number of H-pyrrole nitrogens is 1. The Hall–Kier alpha value is -4.20. The molecule has 0 saturated carbocycles. The Kier molecular flexibility index (Phi) is 4.36. The molecule has 148 valence electrons. The minimum absolute atomic E-state index is 0.543. The van der Waals surface area contributed by atoms with Crippen LogP contribution in [-0.4, -0.2) is 44.4 Å². The van der Waals surface area contributed by atoms with Gasteiger partial charge >= 0.3 is 0 Å². The van der Waals surface area contributed by atoms with Crippen molar-refractivity contribution in [1.29, 1.82) is 0 Å². The van der Waals surface area contributed by atoms with E-state index >= 15 is 0 Å². The fraction of sp³-hybridized carbons (Fsp3) is 0.0909. The molecule has 0 aliphatic heterocycles. The zero-order valence-electron chi connectivity index (χ0n) is 16.4. The number of nitrogens with zero attached hydrogens (tertiary/aromatic N) is 5. The van der Waals surface area contributed by atoms with Crippen molar-refractivity contribution in [2.24, 2.45) is 0 Å². The van der Waals surface area contributed by atoms with Gasteiger partial charge in [-0.3, -0.25) is 4.57 Å². The zero-order valence-corrected chi connectivity index (χ0v) is 16.4. The third kappa shape index (κ3) is 3.14. The number of aromatic nitrogens is 6. The van der Waals surface area contributed by atoms with Gasteiger partial charge in [0.2, 0.25) is 5.82 Å². The number of nitrogens with one attached hydrogen (secondary N) is 1. The number of aromatic amines is 1. The maximum absolute atomic E-state index is 5.41. The van der Waals surface area contributed by atoms with Gasteiger partial charge in [0.05, 0.1) is 25.3 Å². The van der Waals surface area contributed by atoms with Crippen LogP contribution in [0.15, 0.2) is 67.0 Å². The summed E-state index contributed by atoms with van der Waals surface area (Å²) in [4.78, 5) is 4.53. The Morgan fingerprint density at radius 1 is 0.833 bits per heavy atom. The van der Waals surface area contributed by atoms with Crippen LogP contribution in [0.2, 0.25) is 0 Å². The Balaban J connectivity index is 1.61. The lowest BCUT2D eigenvalue weighted by molar-refractivity contribution is 0.394. The summed E-state index contributed by atoms with van der Waals surface area (Å²) in [6.07, 6.45) is 1.82. The van der Waals surface area contributed by atoms with Crippen molar-refractivity contribution in [1.82, 2.24) is 30.2 Å². The normalized spacial score (nSPS) is 11.0. The predicted octanol–water partition coefficient (Wildman–Crippen LogP) is 3.89. The van der Waals surface area contributed by atoms with Crippen molar-refractivity contribution in [2.45, 2.75) is 0 Å². The zero-order chi connectivity index (χ0) is 20.5. The highest BCUT2D eigenvalue weighted by molar-refractivity contribution is 5.82. The molecule has 30 heavy (non-hydrogen) atoms. The van der Waals surface area contributed by atoms with Gasteiger partial charge in [0.15, 0.2) is 0 Å². The van der Waals surface area contributed by atoms with E-state index in [9.17, 15) is 0 Å². The number of fused-ring (bicyclic) bond motifs is 1. The molecule has 1 N–H and O–H groups in total. The molecule has 0 aliphatic rings. The molecule has 0 atom stereocenters. The number of methoxy groups -OCH3 is 2. The lowest BCUT2D eigenvalue weighted by Crippen LogP contribution is -1.94. The summed E-state index contributed by atoms with van der Waals surface area (Å²) in [5.74, 6) is 2.03. The van der Waals surface area contributed by atoms with Gasteiger partial charge in [-0.1, -0.05) is 12.1 Å². The highest BCUT2D eigenvalue weighted by Gasteiger charge is 2.11. The van der Waals surface area contributed by atoms with Crippen LogP contribution in [-0.2, 0) is 0 Å². The van der Waals surface area contributed by atoms with Crippen molar-refractivity contribution in [3.8, 4) is 39.7 Å². The molecule has 0 aliphatic carbocycles. The van der Waals surface area contributed by atoms with Gasteiger partial charge in [-0.05, 0) is 58.8 Å². The highest BCUT2D eigenvalue weighted by Crippen LogP contribution is 2.31. The molecule has 0 unspecified atom stereocenters. The van der Waals surface area contributed by atoms with E-state index in [1.165, 1.54) is 0 Å². The van der Waals surface area contributed by atoms with Crippen LogP contribution in [0.3, 0.4) is 0 Å². The third-order valence-electron chi connectivity index (χ3n) is 4.96. The number of ether oxygens (including phenoxy) is 2. The minimum Gasteiger partial charge on any atom is -0.497 e. The number of benzene rings is 3. The van der Waals surface area contributed by atoms with Crippen molar-refractivity contribution in [3.05, 3.63) is 67.0 Å². The molecule has 2 heterocycles. The van der Waals surface area contributed by atoms with Crippen LogP contribution in [0.5, 0.6) is 11.5 Å². The van der Waals surface area contributed by atoms with Gasteiger partial charge in [-0.2, -0.15) is 5.21 Å². The minimum atomic E-state index is 0.543. The van der Waals surface area contributed by atoms with Crippen LogP contribution in [0.25, 0.3) is 39.2 Å². The van der Waals surface area contributed by atoms with E-state index in [1.807, 2.05) is 59.4 Å². The molecule has 2 aromatic heterocycles. The fourth-order valence-electron chi connectivity index (χ4n) is 3.45. The average Bonchev–Trinajstić information content (AvgIpc) is 3.48. The second kappa shape index (κ2) is 7.32. The maximum Gasteiger partial charge on any atom is 0.204 e.